The molecule has 0 radical (unpaired) electrons. The Balaban J connectivity index is 1.80. The summed E-state index contributed by atoms with van der Waals surface area (Å²) in [6.45, 7) is 4.57. The number of amides is 2. The molecule has 17 heavy (non-hydrogen) atoms. The fourth-order valence-electron chi connectivity index (χ4n) is 1.78. The first-order valence-corrected chi connectivity index (χ1v) is 6.46. The van der Waals surface area contributed by atoms with Crippen molar-refractivity contribution in [2.75, 3.05) is 11.9 Å². The molecule has 1 aromatic heterocycles. The van der Waals surface area contributed by atoms with Crippen molar-refractivity contribution in [2.24, 2.45) is 0 Å². The maximum atomic E-state index is 11.6. The third-order valence-corrected chi connectivity index (χ3v) is 3.38. The summed E-state index contributed by atoms with van der Waals surface area (Å²) in [5.41, 5.74) is 0. The van der Waals surface area contributed by atoms with Gasteiger partial charge in [0.1, 0.15) is 5.01 Å². The van der Waals surface area contributed by atoms with Crippen molar-refractivity contribution >= 4 is 22.5 Å². The molecule has 0 saturated carbocycles. The van der Waals surface area contributed by atoms with Crippen LogP contribution in [0.25, 0.3) is 0 Å². The number of anilines is 1. The molecule has 2 N–H and O–H groups in total. The van der Waals surface area contributed by atoms with Crippen LogP contribution in [0.4, 0.5) is 9.93 Å². The highest BCUT2D eigenvalue weighted by molar-refractivity contribution is 7.15. The first-order valence-electron chi connectivity index (χ1n) is 5.64. The van der Waals surface area contributed by atoms with Crippen molar-refractivity contribution in [1.29, 1.82) is 0 Å². The first-order chi connectivity index (χ1) is 8.15. The highest BCUT2D eigenvalue weighted by atomic mass is 32.1. The van der Waals surface area contributed by atoms with E-state index >= 15 is 0 Å². The Morgan fingerprint density at radius 1 is 1.59 bits per heavy atom. The van der Waals surface area contributed by atoms with Crippen LogP contribution < -0.4 is 10.6 Å². The van der Waals surface area contributed by atoms with Crippen LogP contribution in [0.1, 0.15) is 24.8 Å². The van der Waals surface area contributed by atoms with Gasteiger partial charge in [0.05, 0.1) is 12.1 Å². The van der Waals surface area contributed by atoms with Crippen molar-refractivity contribution in [3.8, 4) is 0 Å². The van der Waals surface area contributed by atoms with E-state index in [9.17, 15) is 4.79 Å². The van der Waals surface area contributed by atoms with Gasteiger partial charge in [-0.1, -0.05) is 11.3 Å². The molecule has 0 spiro atoms. The van der Waals surface area contributed by atoms with E-state index in [4.69, 9.17) is 4.74 Å². The maximum Gasteiger partial charge on any atom is 0.321 e. The quantitative estimate of drug-likeness (QED) is 0.860. The number of nitrogens with zero attached hydrogens (tertiary/aromatic N) is 2. The molecule has 94 valence electrons. The van der Waals surface area contributed by atoms with Gasteiger partial charge in [0.15, 0.2) is 0 Å². The molecule has 2 amide bonds. The normalized spacial score (nSPS) is 21.2. The van der Waals surface area contributed by atoms with Gasteiger partial charge < -0.3 is 10.1 Å². The summed E-state index contributed by atoms with van der Waals surface area (Å²) in [6, 6.07) is -0.254. The summed E-state index contributed by atoms with van der Waals surface area (Å²) < 4.78 is 5.50. The second-order valence-corrected chi connectivity index (χ2v) is 5.25. The summed E-state index contributed by atoms with van der Waals surface area (Å²) >= 11 is 1.35. The molecule has 6 nitrogen and oxygen atoms in total. The number of ether oxygens (including phenoxy) is 1. The lowest BCUT2D eigenvalue weighted by molar-refractivity contribution is 0.0868. The van der Waals surface area contributed by atoms with Gasteiger partial charge in [-0.15, -0.1) is 10.2 Å². The second kappa shape index (κ2) is 5.42. The third-order valence-electron chi connectivity index (χ3n) is 2.63. The lowest BCUT2D eigenvalue weighted by atomic mass is 10.1. The third kappa shape index (κ3) is 3.37. The number of rotatable bonds is 3. The van der Waals surface area contributed by atoms with Crippen LogP contribution in [0.5, 0.6) is 0 Å². The molecule has 0 aliphatic carbocycles. The van der Waals surface area contributed by atoms with E-state index < -0.39 is 0 Å². The van der Waals surface area contributed by atoms with E-state index in [0.29, 0.717) is 5.13 Å². The highest BCUT2D eigenvalue weighted by Crippen LogP contribution is 2.16. The van der Waals surface area contributed by atoms with Crippen LogP contribution in [0, 0.1) is 6.92 Å². The Labute approximate surface area is 104 Å². The molecule has 0 unspecified atom stereocenters. The topological polar surface area (TPSA) is 76.1 Å². The predicted octanol–water partition coefficient (Wildman–Crippen LogP) is 1.54. The lowest BCUT2D eigenvalue weighted by Gasteiger charge is -2.19. The average molecular weight is 256 g/mol. The number of aromatic nitrogens is 2. The molecule has 0 bridgehead atoms. The number of nitrogens with one attached hydrogen (secondary N) is 2. The number of aryl methyl sites for hydroxylation is 1. The van der Waals surface area contributed by atoms with Gasteiger partial charge in [-0.3, -0.25) is 5.32 Å². The Morgan fingerprint density at radius 3 is 3.00 bits per heavy atom. The molecule has 7 heteroatoms. The van der Waals surface area contributed by atoms with Crippen LogP contribution in [-0.2, 0) is 4.74 Å². The summed E-state index contributed by atoms with van der Waals surface area (Å²) in [5, 5.41) is 14.5. The van der Waals surface area contributed by atoms with Crippen molar-refractivity contribution in [1.82, 2.24) is 15.5 Å². The Kier molecular flexibility index (Phi) is 3.90. The zero-order valence-electron chi connectivity index (χ0n) is 9.90. The summed E-state index contributed by atoms with van der Waals surface area (Å²) in [4.78, 5) is 11.6. The fraction of sp³-hybridized carbons (Fsp3) is 0.700. The minimum Gasteiger partial charge on any atom is -0.376 e. The summed E-state index contributed by atoms with van der Waals surface area (Å²) in [6.07, 6.45) is 2.18. The number of hydrogen-bond acceptors (Lipinski definition) is 5. The van der Waals surface area contributed by atoms with Gasteiger partial charge >= 0.3 is 6.03 Å². The minimum absolute atomic E-state index is 0.00604. The van der Waals surface area contributed by atoms with E-state index in [-0.39, 0.29) is 18.2 Å². The van der Waals surface area contributed by atoms with Crippen LogP contribution in [0.15, 0.2) is 0 Å². The van der Waals surface area contributed by atoms with Crippen molar-refractivity contribution in [3.05, 3.63) is 5.01 Å². The Morgan fingerprint density at radius 2 is 2.41 bits per heavy atom. The van der Waals surface area contributed by atoms with Crippen molar-refractivity contribution in [3.63, 3.8) is 0 Å². The van der Waals surface area contributed by atoms with E-state index in [0.717, 1.165) is 24.5 Å². The molecule has 1 fully saturated rings. The van der Waals surface area contributed by atoms with E-state index in [1.165, 1.54) is 11.3 Å². The minimum atomic E-state index is -0.260. The number of carbonyl (C=O) groups is 1. The average Bonchev–Trinajstić information content (AvgIpc) is 2.89. The van der Waals surface area contributed by atoms with E-state index in [1.54, 1.807) is 0 Å². The molecule has 1 aliphatic heterocycles. The summed E-state index contributed by atoms with van der Waals surface area (Å²) in [7, 11) is 0. The SMILES string of the molecule is Cc1nnc(NC(=O)N[C@@H](C)[C@@H]2CCCO2)s1. The monoisotopic (exact) mass is 256 g/mol. The highest BCUT2D eigenvalue weighted by Gasteiger charge is 2.23. The van der Waals surface area contributed by atoms with Crippen LogP contribution in [-0.4, -0.2) is 35.0 Å². The van der Waals surface area contributed by atoms with Crippen LogP contribution in [0.2, 0.25) is 0 Å². The Hall–Kier alpha value is -1.21. The molecule has 2 heterocycles. The van der Waals surface area contributed by atoms with E-state index in [2.05, 4.69) is 20.8 Å². The van der Waals surface area contributed by atoms with Gasteiger partial charge in [0.2, 0.25) is 5.13 Å². The molecule has 0 aromatic carbocycles. The standard InChI is InChI=1S/C10H16N4O2S/c1-6(8-4-3-5-16-8)11-9(15)12-10-14-13-7(2)17-10/h6,8H,3-5H2,1-2H3,(H2,11,12,14,15)/t6-,8-/m0/s1. The van der Waals surface area contributed by atoms with Gasteiger partial charge in [-0.2, -0.15) is 0 Å². The largest absolute Gasteiger partial charge is 0.376 e. The zero-order valence-corrected chi connectivity index (χ0v) is 10.7. The van der Waals surface area contributed by atoms with Gasteiger partial charge in [-0.05, 0) is 26.7 Å². The molecule has 2 rings (SSSR count). The zero-order chi connectivity index (χ0) is 12.3. The molecular formula is C10H16N4O2S. The van der Waals surface area contributed by atoms with Crippen molar-refractivity contribution < 1.29 is 9.53 Å². The van der Waals surface area contributed by atoms with Gasteiger partial charge in [-0.25, -0.2) is 4.79 Å². The maximum absolute atomic E-state index is 11.6. The Bertz CT molecular complexity index is 389. The predicted molar refractivity (Wildman–Crippen MR) is 65.2 cm³/mol. The smallest absolute Gasteiger partial charge is 0.321 e. The lowest BCUT2D eigenvalue weighted by Crippen LogP contribution is -2.42. The first kappa shape index (κ1) is 12.3. The fourth-order valence-corrected chi connectivity index (χ4v) is 2.36. The van der Waals surface area contributed by atoms with Gasteiger partial charge in [0, 0.05) is 6.61 Å². The van der Waals surface area contributed by atoms with Crippen LogP contribution in [0.3, 0.4) is 0 Å². The van der Waals surface area contributed by atoms with Gasteiger partial charge in [0.25, 0.3) is 0 Å². The molecular weight excluding hydrogens is 240 g/mol. The molecule has 2 atom stereocenters. The number of carbonyl (C=O) groups excluding carboxylic acids is 1. The number of hydrogen-bond donors (Lipinski definition) is 2. The molecule has 1 aromatic rings. The molecule has 1 saturated heterocycles. The van der Waals surface area contributed by atoms with E-state index in [1.807, 2.05) is 13.8 Å². The molecule has 1 aliphatic rings. The van der Waals surface area contributed by atoms with Crippen molar-refractivity contribution in [2.45, 2.75) is 38.8 Å². The van der Waals surface area contributed by atoms with Crippen LogP contribution >= 0.6 is 11.3 Å². The number of urea groups is 1. The summed E-state index contributed by atoms with van der Waals surface area (Å²) in [5.74, 6) is 0. The second-order valence-electron chi connectivity index (χ2n) is 4.06.